The fourth-order valence-corrected chi connectivity index (χ4v) is 2.94. The number of carbonyl (C=O) groups is 1. The van der Waals surface area contributed by atoms with Crippen molar-refractivity contribution in [3.8, 4) is 0 Å². The molecule has 0 aliphatic carbocycles. The quantitative estimate of drug-likeness (QED) is 0.771. The van der Waals surface area contributed by atoms with Crippen molar-refractivity contribution in [2.45, 2.75) is 19.1 Å². The van der Waals surface area contributed by atoms with Crippen molar-refractivity contribution in [1.82, 2.24) is 15.1 Å². The SMILES string of the molecule is COCC(=O)N1C[C@@H]2OCCN(c3ccc(C)nn3)[C@@H]2C1. The van der Waals surface area contributed by atoms with Gasteiger partial charge in [-0.25, -0.2) is 0 Å². The van der Waals surface area contributed by atoms with Crippen molar-refractivity contribution in [1.29, 1.82) is 0 Å². The summed E-state index contributed by atoms with van der Waals surface area (Å²) < 4.78 is 10.7. The lowest BCUT2D eigenvalue weighted by Gasteiger charge is -2.37. The molecule has 7 heteroatoms. The van der Waals surface area contributed by atoms with E-state index in [4.69, 9.17) is 9.47 Å². The van der Waals surface area contributed by atoms with E-state index in [9.17, 15) is 4.79 Å². The number of hydrogen-bond donors (Lipinski definition) is 0. The molecule has 114 valence electrons. The van der Waals surface area contributed by atoms with Crippen molar-refractivity contribution in [2.75, 3.05) is 44.9 Å². The van der Waals surface area contributed by atoms with Crippen LogP contribution < -0.4 is 4.90 Å². The number of hydrogen-bond acceptors (Lipinski definition) is 6. The van der Waals surface area contributed by atoms with Gasteiger partial charge in [-0.3, -0.25) is 4.79 Å². The number of rotatable bonds is 3. The van der Waals surface area contributed by atoms with E-state index in [1.54, 1.807) is 4.90 Å². The zero-order valence-electron chi connectivity index (χ0n) is 12.4. The van der Waals surface area contributed by atoms with Gasteiger partial charge in [0.1, 0.15) is 6.61 Å². The van der Waals surface area contributed by atoms with Crippen LogP contribution in [0.2, 0.25) is 0 Å². The Hall–Kier alpha value is -1.73. The Morgan fingerprint density at radius 3 is 3.00 bits per heavy atom. The molecule has 0 bridgehead atoms. The monoisotopic (exact) mass is 292 g/mol. The minimum Gasteiger partial charge on any atom is -0.375 e. The van der Waals surface area contributed by atoms with Gasteiger partial charge in [0.15, 0.2) is 5.82 Å². The molecular formula is C14H20N4O3. The Bertz CT molecular complexity index is 507. The van der Waals surface area contributed by atoms with E-state index >= 15 is 0 Å². The number of morpholine rings is 1. The highest BCUT2D eigenvalue weighted by Gasteiger charge is 2.42. The molecule has 0 spiro atoms. The molecule has 1 aromatic rings. The summed E-state index contributed by atoms with van der Waals surface area (Å²) in [7, 11) is 1.53. The predicted molar refractivity (Wildman–Crippen MR) is 76.1 cm³/mol. The number of amides is 1. The average molecular weight is 292 g/mol. The van der Waals surface area contributed by atoms with E-state index in [1.165, 1.54) is 7.11 Å². The third kappa shape index (κ3) is 2.84. The van der Waals surface area contributed by atoms with Crippen molar-refractivity contribution in [3.63, 3.8) is 0 Å². The number of ether oxygens (including phenoxy) is 2. The molecule has 2 saturated heterocycles. The third-order valence-corrected chi connectivity index (χ3v) is 4.00. The topological polar surface area (TPSA) is 67.8 Å². The van der Waals surface area contributed by atoms with Crippen LogP contribution in [-0.4, -0.2) is 73.1 Å². The van der Waals surface area contributed by atoms with Crippen LogP contribution in [0.5, 0.6) is 0 Å². The largest absolute Gasteiger partial charge is 0.375 e. The van der Waals surface area contributed by atoms with E-state index in [1.807, 2.05) is 19.1 Å². The third-order valence-electron chi connectivity index (χ3n) is 4.00. The summed E-state index contributed by atoms with van der Waals surface area (Å²) in [4.78, 5) is 16.0. The van der Waals surface area contributed by atoms with Crippen molar-refractivity contribution < 1.29 is 14.3 Å². The van der Waals surface area contributed by atoms with Gasteiger partial charge in [-0.2, -0.15) is 5.10 Å². The Kier molecular flexibility index (Phi) is 4.03. The second-order valence-electron chi connectivity index (χ2n) is 5.43. The molecule has 0 saturated carbocycles. The van der Waals surface area contributed by atoms with Gasteiger partial charge in [0, 0.05) is 26.7 Å². The van der Waals surface area contributed by atoms with E-state index in [-0.39, 0.29) is 24.7 Å². The van der Waals surface area contributed by atoms with Crippen LogP contribution in [-0.2, 0) is 14.3 Å². The minimum absolute atomic E-state index is 0.00504. The molecule has 0 N–H and O–H groups in total. The van der Waals surface area contributed by atoms with Crippen LogP contribution in [0.15, 0.2) is 12.1 Å². The molecule has 0 unspecified atom stereocenters. The molecule has 1 aromatic heterocycles. The highest BCUT2D eigenvalue weighted by Crippen LogP contribution is 2.26. The van der Waals surface area contributed by atoms with Gasteiger partial charge in [-0.05, 0) is 19.1 Å². The van der Waals surface area contributed by atoms with Gasteiger partial charge in [0.25, 0.3) is 0 Å². The Balaban J connectivity index is 1.75. The second kappa shape index (κ2) is 5.95. The van der Waals surface area contributed by atoms with Crippen molar-refractivity contribution in [3.05, 3.63) is 17.8 Å². The molecule has 2 aliphatic rings. The van der Waals surface area contributed by atoms with Gasteiger partial charge >= 0.3 is 0 Å². The highest BCUT2D eigenvalue weighted by molar-refractivity contribution is 5.78. The van der Waals surface area contributed by atoms with Gasteiger partial charge in [0.2, 0.25) is 5.91 Å². The molecule has 2 atom stereocenters. The Labute approximate surface area is 123 Å². The molecule has 7 nitrogen and oxygen atoms in total. The average Bonchev–Trinajstić information content (AvgIpc) is 2.92. The second-order valence-corrected chi connectivity index (χ2v) is 5.43. The summed E-state index contributed by atoms with van der Waals surface area (Å²) in [6, 6.07) is 4.07. The zero-order valence-corrected chi connectivity index (χ0v) is 12.4. The van der Waals surface area contributed by atoms with Crippen LogP contribution in [0.3, 0.4) is 0 Å². The number of carbonyl (C=O) groups excluding carboxylic acids is 1. The van der Waals surface area contributed by atoms with E-state index in [2.05, 4.69) is 15.1 Å². The summed E-state index contributed by atoms with van der Waals surface area (Å²) in [6.07, 6.45) is 0.0302. The molecule has 0 aromatic carbocycles. The number of aromatic nitrogens is 2. The van der Waals surface area contributed by atoms with Crippen LogP contribution in [0.4, 0.5) is 5.82 Å². The lowest BCUT2D eigenvalue weighted by atomic mass is 10.1. The first-order valence-electron chi connectivity index (χ1n) is 7.14. The first-order valence-corrected chi connectivity index (χ1v) is 7.14. The van der Waals surface area contributed by atoms with Crippen molar-refractivity contribution in [2.24, 2.45) is 0 Å². The molecule has 2 aliphatic heterocycles. The number of fused-ring (bicyclic) bond motifs is 1. The van der Waals surface area contributed by atoms with Gasteiger partial charge in [-0.15, -0.1) is 5.10 Å². The van der Waals surface area contributed by atoms with Crippen LogP contribution in [0, 0.1) is 6.92 Å². The van der Waals surface area contributed by atoms with Gasteiger partial charge in [0.05, 0.1) is 24.4 Å². The Morgan fingerprint density at radius 2 is 2.29 bits per heavy atom. The maximum atomic E-state index is 12.0. The molecule has 3 rings (SSSR count). The zero-order chi connectivity index (χ0) is 14.8. The first kappa shape index (κ1) is 14.2. The summed E-state index contributed by atoms with van der Waals surface area (Å²) in [5.74, 6) is 0.852. The van der Waals surface area contributed by atoms with Crippen LogP contribution in [0.1, 0.15) is 5.69 Å². The molecular weight excluding hydrogens is 272 g/mol. The maximum absolute atomic E-state index is 12.0. The minimum atomic E-state index is 0.00504. The summed E-state index contributed by atoms with van der Waals surface area (Å²) in [5, 5.41) is 8.38. The maximum Gasteiger partial charge on any atom is 0.248 e. The van der Waals surface area contributed by atoms with E-state index in [0.717, 1.165) is 18.1 Å². The van der Waals surface area contributed by atoms with Crippen LogP contribution in [0.25, 0.3) is 0 Å². The Morgan fingerprint density at radius 1 is 1.43 bits per heavy atom. The van der Waals surface area contributed by atoms with Gasteiger partial charge in [-0.1, -0.05) is 0 Å². The summed E-state index contributed by atoms with van der Waals surface area (Å²) in [6.45, 7) is 4.70. The molecule has 2 fully saturated rings. The number of anilines is 1. The van der Waals surface area contributed by atoms with Crippen molar-refractivity contribution >= 4 is 11.7 Å². The molecule has 3 heterocycles. The molecule has 0 radical (unpaired) electrons. The number of aryl methyl sites for hydroxylation is 1. The highest BCUT2D eigenvalue weighted by atomic mass is 16.5. The fourth-order valence-electron chi connectivity index (χ4n) is 2.94. The summed E-state index contributed by atoms with van der Waals surface area (Å²) >= 11 is 0. The number of likely N-dealkylation sites (tertiary alicyclic amines) is 1. The van der Waals surface area contributed by atoms with E-state index in [0.29, 0.717) is 19.7 Å². The van der Waals surface area contributed by atoms with Crippen LogP contribution >= 0.6 is 0 Å². The standard InChI is InChI=1S/C14H20N4O3/c1-10-3-4-13(16-15-10)18-5-6-21-12-8-17(7-11(12)18)14(19)9-20-2/h3-4,11-12H,5-9H2,1-2H3/t11-,12+/m1/s1. The molecule has 1 amide bonds. The van der Waals surface area contributed by atoms with Gasteiger partial charge < -0.3 is 19.3 Å². The lowest BCUT2D eigenvalue weighted by Crippen LogP contribution is -2.51. The normalized spacial score (nSPS) is 25.0. The number of nitrogens with zero attached hydrogens (tertiary/aromatic N) is 4. The fraction of sp³-hybridized carbons (Fsp3) is 0.643. The lowest BCUT2D eigenvalue weighted by molar-refractivity contribution is -0.134. The first-order chi connectivity index (χ1) is 10.2. The summed E-state index contributed by atoms with van der Waals surface area (Å²) in [5.41, 5.74) is 0.895. The smallest absolute Gasteiger partial charge is 0.248 e. The predicted octanol–water partition coefficient (Wildman–Crippen LogP) is -0.153. The number of methoxy groups -OCH3 is 1. The molecule has 21 heavy (non-hydrogen) atoms. The van der Waals surface area contributed by atoms with E-state index < -0.39 is 0 Å².